The lowest BCUT2D eigenvalue weighted by atomic mass is 9.95. The Kier molecular flexibility index (Phi) is 5.51. The highest BCUT2D eigenvalue weighted by Gasteiger charge is 2.45. The van der Waals surface area contributed by atoms with Crippen LogP contribution in [0.1, 0.15) is 41.6 Å². The minimum atomic E-state index is -1.45. The van der Waals surface area contributed by atoms with Gasteiger partial charge in [0, 0.05) is 29.1 Å². The Hall–Kier alpha value is -2.17. The number of hydrazone groups is 1. The summed E-state index contributed by atoms with van der Waals surface area (Å²) in [5, 5.41) is 17.0. The second-order valence-electron chi connectivity index (χ2n) is 6.15. The van der Waals surface area contributed by atoms with E-state index < -0.39 is 5.72 Å². The maximum Gasteiger partial charge on any atom is 0.276 e. The molecule has 1 aliphatic heterocycles. The second kappa shape index (κ2) is 7.81. The van der Waals surface area contributed by atoms with Crippen molar-refractivity contribution in [3.05, 3.63) is 71.8 Å². The maximum absolute atomic E-state index is 12.9. The van der Waals surface area contributed by atoms with Crippen molar-refractivity contribution >= 4 is 23.2 Å². The molecule has 1 aliphatic rings. The number of unbranched alkanes of at least 4 members (excludes halogenated alkanes) is 1. The molecule has 0 bridgehead atoms. The zero-order valence-corrected chi connectivity index (χ0v) is 14.7. The molecular formula is C20H21ClN2O2. The summed E-state index contributed by atoms with van der Waals surface area (Å²) in [5.74, 6) is 0.294. The standard InChI is InChI=1S/C20H21ClN2O2/c21-14-8-7-13-18-15-20(25,17-11-5-2-6-12-17)23(22-18)19(24)16-9-3-1-4-10-16/h1-6,9-12,25H,7-8,13-15H2. The molecule has 25 heavy (non-hydrogen) atoms. The van der Waals surface area contributed by atoms with Crippen molar-refractivity contribution in [2.45, 2.75) is 31.4 Å². The monoisotopic (exact) mass is 356 g/mol. The quantitative estimate of drug-likeness (QED) is 0.624. The van der Waals surface area contributed by atoms with Crippen LogP contribution in [0.3, 0.4) is 0 Å². The molecule has 5 heteroatoms. The Morgan fingerprint density at radius 1 is 1.08 bits per heavy atom. The van der Waals surface area contributed by atoms with Crippen LogP contribution in [0.2, 0.25) is 0 Å². The predicted molar refractivity (Wildman–Crippen MR) is 99.6 cm³/mol. The van der Waals surface area contributed by atoms with E-state index in [0.717, 1.165) is 25.0 Å². The van der Waals surface area contributed by atoms with E-state index in [0.29, 0.717) is 23.4 Å². The molecule has 4 nitrogen and oxygen atoms in total. The summed E-state index contributed by atoms with van der Waals surface area (Å²) in [4.78, 5) is 12.9. The van der Waals surface area contributed by atoms with Gasteiger partial charge in [0.1, 0.15) is 0 Å². The Morgan fingerprint density at radius 2 is 1.72 bits per heavy atom. The van der Waals surface area contributed by atoms with Crippen molar-refractivity contribution in [1.29, 1.82) is 0 Å². The van der Waals surface area contributed by atoms with E-state index in [9.17, 15) is 9.90 Å². The summed E-state index contributed by atoms with van der Waals surface area (Å²) in [7, 11) is 0. The van der Waals surface area contributed by atoms with Gasteiger partial charge in [0.15, 0.2) is 5.72 Å². The molecule has 2 aromatic rings. The van der Waals surface area contributed by atoms with Crippen LogP contribution in [0, 0.1) is 0 Å². The summed E-state index contributed by atoms with van der Waals surface area (Å²) in [6, 6.07) is 18.1. The number of amides is 1. The maximum atomic E-state index is 12.9. The highest BCUT2D eigenvalue weighted by molar-refractivity contribution is 6.17. The van der Waals surface area contributed by atoms with Crippen LogP contribution in [0.25, 0.3) is 0 Å². The van der Waals surface area contributed by atoms with Crippen LogP contribution in [-0.2, 0) is 5.72 Å². The van der Waals surface area contributed by atoms with Crippen LogP contribution in [0.5, 0.6) is 0 Å². The SMILES string of the molecule is O=C(c1ccccc1)N1N=C(CCCCCl)CC1(O)c1ccccc1. The summed E-state index contributed by atoms with van der Waals surface area (Å²) in [6.07, 6.45) is 2.82. The van der Waals surface area contributed by atoms with Gasteiger partial charge in [-0.3, -0.25) is 4.79 Å². The number of carbonyl (C=O) groups excluding carboxylic acids is 1. The number of hydrogen-bond donors (Lipinski definition) is 1. The molecule has 0 radical (unpaired) electrons. The number of carbonyl (C=O) groups is 1. The smallest absolute Gasteiger partial charge is 0.276 e. The summed E-state index contributed by atoms with van der Waals surface area (Å²) >= 11 is 5.74. The molecule has 0 saturated heterocycles. The number of alkyl halides is 1. The third-order valence-corrected chi connectivity index (χ3v) is 4.61. The van der Waals surface area contributed by atoms with Crippen LogP contribution >= 0.6 is 11.6 Å². The van der Waals surface area contributed by atoms with E-state index in [1.807, 2.05) is 36.4 Å². The Labute approximate surface area is 152 Å². The van der Waals surface area contributed by atoms with E-state index in [-0.39, 0.29) is 5.91 Å². The fraction of sp³-hybridized carbons (Fsp3) is 0.300. The zero-order chi connectivity index (χ0) is 17.7. The topological polar surface area (TPSA) is 52.9 Å². The molecule has 1 unspecified atom stereocenters. The highest BCUT2D eigenvalue weighted by atomic mass is 35.5. The van der Waals surface area contributed by atoms with Gasteiger partial charge >= 0.3 is 0 Å². The molecule has 0 fully saturated rings. The molecule has 0 spiro atoms. The van der Waals surface area contributed by atoms with Crippen LogP contribution < -0.4 is 0 Å². The number of rotatable bonds is 6. The molecule has 1 amide bonds. The molecule has 2 aromatic carbocycles. The summed E-state index contributed by atoms with van der Waals surface area (Å²) in [6.45, 7) is 0. The van der Waals surface area contributed by atoms with E-state index in [1.54, 1.807) is 24.3 Å². The van der Waals surface area contributed by atoms with E-state index in [1.165, 1.54) is 5.01 Å². The highest BCUT2D eigenvalue weighted by Crippen LogP contribution is 2.37. The fourth-order valence-electron chi connectivity index (χ4n) is 3.03. The number of benzene rings is 2. The number of halogens is 1. The van der Waals surface area contributed by atoms with Gasteiger partial charge in [0.25, 0.3) is 5.91 Å². The lowest BCUT2D eigenvalue weighted by molar-refractivity contribution is -0.0765. The Bertz CT molecular complexity index is 749. The largest absolute Gasteiger partial charge is 0.365 e. The average molecular weight is 357 g/mol. The average Bonchev–Trinajstić information content (AvgIpc) is 3.00. The first-order valence-electron chi connectivity index (χ1n) is 8.45. The van der Waals surface area contributed by atoms with Gasteiger partial charge in [-0.05, 0) is 31.4 Å². The van der Waals surface area contributed by atoms with E-state index in [2.05, 4.69) is 5.10 Å². The lowest BCUT2D eigenvalue weighted by Crippen LogP contribution is -2.43. The molecule has 1 atom stereocenters. The number of aliphatic hydroxyl groups is 1. The van der Waals surface area contributed by atoms with Gasteiger partial charge in [-0.2, -0.15) is 10.1 Å². The van der Waals surface area contributed by atoms with Gasteiger partial charge in [0.2, 0.25) is 0 Å². The van der Waals surface area contributed by atoms with Gasteiger partial charge in [-0.15, -0.1) is 11.6 Å². The summed E-state index contributed by atoms with van der Waals surface area (Å²) in [5.41, 5.74) is 0.531. The fourth-order valence-corrected chi connectivity index (χ4v) is 3.22. The van der Waals surface area contributed by atoms with Gasteiger partial charge in [-0.1, -0.05) is 48.5 Å². The normalized spacial score (nSPS) is 19.8. The third kappa shape index (κ3) is 3.75. The van der Waals surface area contributed by atoms with Crippen molar-refractivity contribution in [2.75, 3.05) is 5.88 Å². The number of nitrogens with zero attached hydrogens (tertiary/aromatic N) is 2. The van der Waals surface area contributed by atoms with Crippen molar-refractivity contribution in [3.8, 4) is 0 Å². The molecule has 0 aromatic heterocycles. The van der Waals surface area contributed by atoms with Crippen molar-refractivity contribution in [2.24, 2.45) is 5.10 Å². The van der Waals surface area contributed by atoms with Gasteiger partial charge < -0.3 is 5.11 Å². The van der Waals surface area contributed by atoms with E-state index in [4.69, 9.17) is 11.6 Å². The molecule has 0 saturated carbocycles. The zero-order valence-electron chi connectivity index (χ0n) is 13.9. The molecule has 130 valence electrons. The van der Waals surface area contributed by atoms with Crippen molar-refractivity contribution < 1.29 is 9.90 Å². The predicted octanol–water partition coefficient (Wildman–Crippen LogP) is 4.14. The molecular weight excluding hydrogens is 336 g/mol. The van der Waals surface area contributed by atoms with Crippen molar-refractivity contribution in [1.82, 2.24) is 5.01 Å². The first-order chi connectivity index (χ1) is 12.1. The Morgan fingerprint density at radius 3 is 2.36 bits per heavy atom. The van der Waals surface area contributed by atoms with Gasteiger partial charge in [-0.25, -0.2) is 0 Å². The van der Waals surface area contributed by atoms with E-state index >= 15 is 0 Å². The number of hydrogen-bond acceptors (Lipinski definition) is 3. The third-order valence-electron chi connectivity index (χ3n) is 4.34. The molecule has 0 aliphatic carbocycles. The van der Waals surface area contributed by atoms with Crippen LogP contribution in [0.15, 0.2) is 65.8 Å². The second-order valence-corrected chi connectivity index (χ2v) is 6.53. The molecule has 1 N–H and O–H groups in total. The minimum absolute atomic E-state index is 0.306. The first kappa shape index (κ1) is 17.6. The lowest BCUT2D eigenvalue weighted by Gasteiger charge is -2.31. The van der Waals surface area contributed by atoms with Crippen LogP contribution in [-0.4, -0.2) is 27.6 Å². The van der Waals surface area contributed by atoms with Crippen molar-refractivity contribution in [3.63, 3.8) is 0 Å². The molecule has 3 rings (SSSR count). The first-order valence-corrected chi connectivity index (χ1v) is 8.98. The Balaban J connectivity index is 1.92. The summed E-state index contributed by atoms with van der Waals surface area (Å²) < 4.78 is 0. The molecule has 1 heterocycles. The van der Waals surface area contributed by atoms with Crippen LogP contribution in [0.4, 0.5) is 0 Å². The minimum Gasteiger partial charge on any atom is -0.365 e. The van der Waals surface area contributed by atoms with Gasteiger partial charge in [0.05, 0.1) is 0 Å².